The van der Waals surface area contributed by atoms with Gasteiger partial charge in [0.1, 0.15) is 11.6 Å². The van der Waals surface area contributed by atoms with Gasteiger partial charge in [-0.25, -0.2) is 9.97 Å². The van der Waals surface area contributed by atoms with Gasteiger partial charge in [-0.05, 0) is 33.9 Å². The number of aryl methyl sites for hydroxylation is 1. The van der Waals surface area contributed by atoms with Crippen molar-refractivity contribution in [3.63, 3.8) is 0 Å². The number of piperazine rings is 1. The van der Waals surface area contributed by atoms with E-state index in [1.807, 2.05) is 0 Å². The highest BCUT2D eigenvalue weighted by Gasteiger charge is 2.27. The maximum absolute atomic E-state index is 4.85. The summed E-state index contributed by atoms with van der Waals surface area (Å²) < 4.78 is 0. The standard InChI is InChI=1S/C16H29N5/c1-6-8-17-15-12(3)13(7-2)18-16(19-15)14-11-20(4)9-10-21(14)5/h14H,6-11H2,1-5H3,(H,17,18,19). The zero-order chi connectivity index (χ0) is 15.4. The van der Waals surface area contributed by atoms with E-state index in [0.717, 1.165) is 50.7 Å². The Morgan fingerprint density at radius 3 is 2.62 bits per heavy atom. The van der Waals surface area contributed by atoms with Gasteiger partial charge >= 0.3 is 0 Å². The topological polar surface area (TPSA) is 44.3 Å². The Morgan fingerprint density at radius 2 is 1.95 bits per heavy atom. The number of anilines is 1. The lowest BCUT2D eigenvalue weighted by molar-refractivity contribution is 0.109. The van der Waals surface area contributed by atoms with Crippen LogP contribution in [-0.4, -0.2) is 60.0 Å². The van der Waals surface area contributed by atoms with Crippen molar-refractivity contribution in [2.75, 3.05) is 45.6 Å². The lowest BCUT2D eigenvalue weighted by atomic mass is 10.1. The van der Waals surface area contributed by atoms with Gasteiger partial charge in [0.2, 0.25) is 0 Å². The van der Waals surface area contributed by atoms with E-state index in [1.54, 1.807) is 0 Å². The number of nitrogens with zero attached hydrogens (tertiary/aromatic N) is 4. The maximum atomic E-state index is 4.85. The van der Waals surface area contributed by atoms with E-state index >= 15 is 0 Å². The third kappa shape index (κ3) is 3.71. The summed E-state index contributed by atoms with van der Waals surface area (Å²) in [4.78, 5) is 14.4. The summed E-state index contributed by atoms with van der Waals surface area (Å²) in [6, 6.07) is 0.289. The molecule has 1 aromatic heterocycles. The summed E-state index contributed by atoms with van der Waals surface area (Å²) in [6.45, 7) is 10.6. The summed E-state index contributed by atoms with van der Waals surface area (Å²) in [6.07, 6.45) is 2.06. The summed E-state index contributed by atoms with van der Waals surface area (Å²) in [5, 5.41) is 3.46. The van der Waals surface area contributed by atoms with E-state index in [2.05, 4.69) is 50.0 Å². The van der Waals surface area contributed by atoms with Gasteiger partial charge in [0.05, 0.1) is 6.04 Å². The van der Waals surface area contributed by atoms with Gasteiger partial charge in [0.15, 0.2) is 0 Å². The van der Waals surface area contributed by atoms with Crippen LogP contribution in [0.3, 0.4) is 0 Å². The predicted octanol–water partition coefficient (Wildman–Crippen LogP) is 2.09. The molecule has 0 aromatic carbocycles. The molecule has 5 nitrogen and oxygen atoms in total. The van der Waals surface area contributed by atoms with Crippen molar-refractivity contribution in [1.29, 1.82) is 0 Å². The maximum Gasteiger partial charge on any atom is 0.149 e. The molecule has 1 unspecified atom stereocenters. The van der Waals surface area contributed by atoms with Crippen molar-refractivity contribution in [1.82, 2.24) is 19.8 Å². The number of hydrogen-bond donors (Lipinski definition) is 1. The monoisotopic (exact) mass is 291 g/mol. The molecule has 1 fully saturated rings. The zero-order valence-electron chi connectivity index (χ0n) is 14.1. The minimum Gasteiger partial charge on any atom is -0.370 e. The summed E-state index contributed by atoms with van der Waals surface area (Å²) >= 11 is 0. The minimum absolute atomic E-state index is 0.289. The Bertz CT molecular complexity index is 474. The Kier molecular flexibility index (Phi) is 5.53. The number of nitrogens with one attached hydrogen (secondary N) is 1. The van der Waals surface area contributed by atoms with Gasteiger partial charge in [0.25, 0.3) is 0 Å². The van der Waals surface area contributed by atoms with Crippen molar-refractivity contribution < 1.29 is 0 Å². The second kappa shape index (κ2) is 7.18. The first-order valence-corrected chi connectivity index (χ1v) is 8.06. The van der Waals surface area contributed by atoms with Crippen LogP contribution in [0, 0.1) is 6.92 Å². The molecule has 0 spiro atoms. The van der Waals surface area contributed by atoms with Gasteiger partial charge in [-0.15, -0.1) is 0 Å². The van der Waals surface area contributed by atoms with Crippen molar-refractivity contribution in [3.05, 3.63) is 17.1 Å². The quantitative estimate of drug-likeness (QED) is 0.900. The molecule has 1 aromatic rings. The van der Waals surface area contributed by atoms with Gasteiger partial charge in [-0.2, -0.15) is 0 Å². The second-order valence-corrected chi connectivity index (χ2v) is 6.04. The molecule has 0 radical (unpaired) electrons. The second-order valence-electron chi connectivity index (χ2n) is 6.04. The van der Waals surface area contributed by atoms with Crippen molar-refractivity contribution in [3.8, 4) is 0 Å². The minimum atomic E-state index is 0.289. The third-order valence-electron chi connectivity index (χ3n) is 4.29. The van der Waals surface area contributed by atoms with Crippen LogP contribution in [0.1, 0.15) is 43.4 Å². The van der Waals surface area contributed by atoms with E-state index in [4.69, 9.17) is 9.97 Å². The smallest absolute Gasteiger partial charge is 0.149 e. The normalized spacial score (nSPS) is 20.7. The van der Waals surface area contributed by atoms with E-state index in [-0.39, 0.29) is 6.04 Å². The average Bonchev–Trinajstić information content (AvgIpc) is 2.48. The van der Waals surface area contributed by atoms with Crippen molar-refractivity contribution in [2.45, 2.75) is 39.7 Å². The molecule has 1 aliphatic rings. The molecule has 0 saturated carbocycles. The third-order valence-corrected chi connectivity index (χ3v) is 4.29. The van der Waals surface area contributed by atoms with Crippen molar-refractivity contribution in [2.24, 2.45) is 0 Å². The lowest BCUT2D eigenvalue weighted by Gasteiger charge is -2.37. The molecule has 21 heavy (non-hydrogen) atoms. The summed E-state index contributed by atoms with van der Waals surface area (Å²) in [7, 11) is 4.34. The highest BCUT2D eigenvalue weighted by molar-refractivity contribution is 5.46. The van der Waals surface area contributed by atoms with Crippen LogP contribution in [0.2, 0.25) is 0 Å². The van der Waals surface area contributed by atoms with E-state index in [1.165, 1.54) is 11.3 Å². The van der Waals surface area contributed by atoms with E-state index < -0.39 is 0 Å². The number of hydrogen-bond acceptors (Lipinski definition) is 5. The average molecular weight is 291 g/mol. The Hall–Kier alpha value is -1.20. The Balaban J connectivity index is 2.33. The molecule has 0 aliphatic carbocycles. The molecule has 2 heterocycles. The Labute approximate surface area is 128 Å². The number of aromatic nitrogens is 2. The van der Waals surface area contributed by atoms with Crippen LogP contribution in [0.4, 0.5) is 5.82 Å². The van der Waals surface area contributed by atoms with Gasteiger partial charge < -0.3 is 10.2 Å². The molecule has 1 saturated heterocycles. The van der Waals surface area contributed by atoms with Gasteiger partial charge in [0, 0.05) is 37.4 Å². The molecule has 1 aliphatic heterocycles. The molecule has 0 bridgehead atoms. The highest BCUT2D eigenvalue weighted by Crippen LogP contribution is 2.24. The summed E-state index contributed by atoms with van der Waals surface area (Å²) in [5.41, 5.74) is 2.36. The molecule has 118 valence electrons. The van der Waals surface area contributed by atoms with E-state index in [9.17, 15) is 0 Å². The molecule has 5 heteroatoms. The fourth-order valence-electron chi connectivity index (χ4n) is 2.78. The number of rotatable bonds is 5. The molecule has 0 amide bonds. The van der Waals surface area contributed by atoms with Crippen molar-refractivity contribution >= 4 is 5.82 Å². The largest absolute Gasteiger partial charge is 0.370 e. The first-order chi connectivity index (χ1) is 10.1. The highest BCUT2D eigenvalue weighted by atomic mass is 15.3. The summed E-state index contributed by atoms with van der Waals surface area (Å²) in [5.74, 6) is 1.98. The molecular weight excluding hydrogens is 262 g/mol. The van der Waals surface area contributed by atoms with Crippen LogP contribution < -0.4 is 5.32 Å². The Morgan fingerprint density at radius 1 is 1.19 bits per heavy atom. The first-order valence-electron chi connectivity index (χ1n) is 8.06. The van der Waals surface area contributed by atoms with Crippen LogP contribution >= 0.6 is 0 Å². The first kappa shape index (κ1) is 16.2. The molecule has 1 N–H and O–H groups in total. The van der Waals surface area contributed by atoms with E-state index in [0.29, 0.717) is 0 Å². The van der Waals surface area contributed by atoms with Gasteiger partial charge in [-0.3, -0.25) is 4.90 Å². The fraction of sp³-hybridized carbons (Fsp3) is 0.750. The molecule has 2 rings (SSSR count). The van der Waals surface area contributed by atoms with Crippen LogP contribution in [0.5, 0.6) is 0 Å². The molecular formula is C16H29N5. The SMILES string of the molecule is CCCNc1nc(C2CN(C)CCN2C)nc(CC)c1C. The predicted molar refractivity (Wildman–Crippen MR) is 87.8 cm³/mol. The van der Waals surface area contributed by atoms with Crippen LogP contribution in [-0.2, 0) is 6.42 Å². The molecule has 1 atom stereocenters. The van der Waals surface area contributed by atoms with Crippen LogP contribution in [0.15, 0.2) is 0 Å². The zero-order valence-corrected chi connectivity index (χ0v) is 14.1. The van der Waals surface area contributed by atoms with Gasteiger partial charge in [-0.1, -0.05) is 13.8 Å². The van der Waals surface area contributed by atoms with Crippen LogP contribution in [0.25, 0.3) is 0 Å². The lowest BCUT2D eigenvalue weighted by Crippen LogP contribution is -2.45. The fourth-order valence-corrected chi connectivity index (χ4v) is 2.78. The number of likely N-dealkylation sites (N-methyl/N-ethyl adjacent to an activating group) is 2.